The van der Waals surface area contributed by atoms with Gasteiger partial charge < -0.3 is 4.90 Å². The maximum Gasteiger partial charge on any atom is 0.229 e. The molecule has 2 aromatic heterocycles. The Kier molecular flexibility index (Phi) is 3.53. The van der Waals surface area contributed by atoms with Gasteiger partial charge in [-0.15, -0.1) is 0 Å². The summed E-state index contributed by atoms with van der Waals surface area (Å²) in [6.07, 6.45) is 7.42. The highest BCUT2D eigenvalue weighted by Crippen LogP contribution is 2.44. The van der Waals surface area contributed by atoms with E-state index in [1.807, 2.05) is 38.6 Å². The van der Waals surface area contributed by atoms with Crippen LogP contribution in [0.1, 0.15) is 30.5 Å². The molecule has 0 fully saturated rings. The topological polar surface area (TPSA) is 54.8 Å². The molecule has 25 heavy (non-hydrogen) atoms. The number of nitrogens with zero attached hydrogens (tertiary/aromatic N) is 5. The van der Waals surface area contributed by atoms with Crippen molar-refractivity contribution < 1.29 is 0 Å². The summed E-state index contributed by atoms with van der Waals surface area (Å²) in [5.41, 5.74) is 5.59. The number of anilines is 2. The third-order valence-electron chi connectivity index (χ3n) is 4.62. The molecule has 4 rings (SSSR count). The van der Waals surface area contributed by atoms with Gasteiger partial charge >= 0.3 is 0 Å². The van der Waals surface area contributed by atoms with E-state index in [1.54, 1.807) is 0 Å². The van der Waals surface area contributed by atoms with Gasteiger partial charge in [0.1, 0.15) is 0 Å². The molecule has 0 unspecified atom stereocenters. The molecule has 0 aliphatic carbocycles. The standard InChI is InChI=1S/C20H21N5/c1-13-8-21-18(22-9-13)15-5-6-16-17(7-15)25(12-20(16,3)4)19-23-10-14(2)11-24-19/h5-11H,12H2,1-4H3. The number of aryl methyl sites for hydroxylation is 2. The summed E-state index contributed by atoms with van der Waals surface area (Å²) >= 11 is 0. The molecule has 126 valence electrons. The van der Waals surface area contributed by atoms with Crippen molar-refractivity contribution >= 4 is 11.6 Å². The molecule has 5 nitrogen and oxygen atoms in total. The van der Waals surface area contributed by atoms with Gasteiger partial charge in [0.15, 0.2) is 5.82 Å². The Labute approximate surface area is 147 Å². The molecule has 5 heteroatoms. The minimum atomic E-state index is 0.0379. The molecule has 0 N–H and O–H groups in total. The summed E-state index contributed by atoms with van der Waals surface area (Å²) in [7, 11) is 0. The molecule has 1 aromatic carbocycles. The maximum atomic E-state index is 4.52. The average Bonchev–Trinajstić information content (AvgIpc) is 2.87. The van der Waals surface area contributed by atoms with Crippen molar-refractivity contribution in [3.05, 3.63) is 59.7 Å². The first-order valence-electron chi connectivity index (χ1n) is 8.44. The van der Waals surface area contributed by atoms with Crippen LogP contribution in [-0.4, -0.2) is 26.5 Å². The van der Waals surface area contributed by atoms with Crippen molar-refractivity contribution in [2.75, 3.05) is 11.4 Å². The van der Waals surface area contributed by atoms with Crippen LogP contribution in [0.25, 0.3) is 11.4 Å². The molecular weight excluding hydrogens is 310 g/mol. The Balaban J connectivity index is 1.81. The van der Waals surface area contributed by atoms with E-state index in [0.29, 0.717) is 0 Å². The average molecular weight is 331 g/mol. The molecule has 0 spiro atoms. The van der Waals surface area contributed by atoms with Crippen LogP contribution in [0.2, 0.25) is 0 Å². The quantitative estimate of drug-likeness (QED) is 0.711. The molecule has 0 saturated carbocycles. The largest absolute Gasteiger partial charge is 0.309 e. The molecule has 1 aliphatic heterocycles. The zero-order valence-electron chi connectivity index (χ0n) is 15.0. The van der Waals surface area contributed by atoms with Gasteiger partial charge in [0, 0.05) is 48.0 Å². The van der Waals surface area contributed by atoms with Gasteiger partial charge in [0.05, 0.1) is 0 Å². The van der Waals surface area contributed by atoms with Crippen LogP contribution in [-0.2, 0) is 5.41 Å². The van der Waals surface area contributed by atoms with Gasteiger partial charge in [-0.2, -0.15) is 0 Å². The first-order chi connectivity index (χ1) is 11.9. The number of hydrogen-bond acceptors (Lipinski definition) is 5. The number of hydrogen-bond donors (Lipinski definition) is 0. The number of fused-ring (bicyclic) bond motifs is 1. The van der Waals surface area contributed by atoms with E-state index < -0.39 is 0 Å². The van der Waals surface area contributed by atoms with E-state index >= 15 is 0 Å². The first-order valence-corrected chi connectivity index (χ1v) is 8.44. The molecule has 3 aromatic rings. The summed E-state index contributed by atoms with van der Waals surface area (Å²) in [6, 6.07) is 6.44. The van der Waals surface area contributed by atoms with Crippen LogP contribution in [0.15, 0.2) is 43.0 Å². The fraction of sp³-hybridized carbons (Fsp3) is 0.300. The monoisotopic (exact) mass is 331 g/mol. The number of rotatable bonds is 2. The lowest BCUT2D eigenvalue weighted by Gasteiger charge is -2.20. The summed E-state index contributed by atoms with van der Waals surface area (Å²) in [5, 5.41) is 0. The fourth-order valence-corrected chi connectivity index (χ4v) is 3.28. The van der Waals surface area contributed by atoms with E-state index in [9.17, 15) is 0 Å². The summed E-state index contributed by atoms with van der Waals surface area (Å²) in [6.45, 7) is 9.34. The highest BCUT2D eigenvalue weighted by Gasteiger charge is 2.37. The minimum absolute atomic E-state index is 0.0379. The lowest BCUT2D eigenvalue weighted by molar-refractivity contribution is 0.566. The molecular formula is C20H21N5. The van der Waals surface area contributed by atoms with Crippen LogP contribution in [0.5, 0.6) is 0 Å². The van der Waals surface area contributed by atoms with E-state index in [-0.39, 0.29) is 5.41 Å². The van der Waals surface area contributed by atoms with Crippen LogP contribution < -0.4 is 4.90 Å². The van der Waals surface area contributed by atoms with Crippen molar-refractivity contribution in [2.24, 2.45) is 0 Å². The van der Waals surface area contributed by atoms with Gasteiger partial charge in [-0.3, -0.25) is 0 Å². The smallest absolute Gasteiger partial charge is 0.229 e. The van der Waals surface area contributed by atoms with E-state index in [1.165, 1.54) is 5.56 Å². The maximum absolute atomic E-state index is 4.52. The highest BCUT2D eigenvalue weighted by molar-refractivity contribution is 5.74. The molecule has 0 bridgehead atoms. The minimum Gasteiger partial charge on any atom is -0.309 e. The SMILES string of the molecule is Cc1cnc(-c2ccc3c(c2)N(c2ncc(C)cn2)CC3(C)C)nc1. The molecule has 3 heterocycles. The second kappa shape index (κ2) is 5.62. The van der Waals surface area contributed by atoms with E-state index in [4.69, 9.17) is 0 Å². The Morgan fingerprint density at radius 3 is 2.12 bits per heavy atom. The van der Waals surface area contributed by atoms with Crippen molar-refractivity contribution in [3.63, 3.8) is 0 Å². The van der Waals surface area contributed by atoms with Crippen LogP contribution in [0, 0.1) is 13.8 Å². The van der Waals surface area contributed by atoms with E-state index in [0.717, 1.165) is 40.7 Å². The Bertz CT molecular complexity index is 914. The predicted molar refractivity (Wildman–Crippen MR) is 99.0 cm³/mol. The van der Waals surface area contributed by atoms with E-state index in [2.05, 4.69) is 56.9 Å². The van der Waals surface area contributed by atoms with Gasteiger partial charge in [0.2, 0.25) is 5.95 Å². The molecule has 0 saturated heterocycles. The van der Waals surface area contributed by atoms with Gasteiger partial charge in [0.25, 0.3) is 0 Å². The Morgan fingerprint density at radius 2 is 1.48 bits per heavy atom. The predicted octanol–water partition coefficient (Wildman–Crippen LogP) is 3.98. The molecule has 1 aliphatic rings. The number of aromatic nitrogens is 4. The molecule has 0 amide bonds. The first kappa shape index (κ1) is 15.7. The third-order valence-corrected chi connectivity index (χ3v) is 4.62. The molecule has 0 radical (unpaired) electrons. The molecule has 0 atom stereocenters. The summed E-state index contributed by atoms with van der Waals surface area (Å²) in [4.78, 5) is 20.1. The van der Waals surface area contributed by atoms with Gasteiger partial charge in [-0.05, 0) is 36.6 Å². The second-order valence-corrected chi connectivity index (χ2v) is 7.35. The lowest BCUT2D eigenvalue weighted by Crippen LogP contribution is -2.26. The van der Waals surface area contributed by atoms with Crippen LogP contribution in [0.4, 0.5) is 11.6 Å². The Hall–Kier alpha value is -2.82. The number of benzene rings is 1. The van der Waals surface area contributed by atoms with Crippen LogP contribution in [0.3, 0.4) is 0 Å². The van der Waals surface area contributed by atoms with Gasteiger partial charge in [-0.25, -0.2) is 19.9 Å². The van der Waals surface area contributed by atoms with Gasteiger partial charge in [-0.1, -0.05) is 26.0 Å². The zero-order chi connectivity index (χ0) is 17.6. The van der Waals surface area contributed by atoms with Crippen LogP contribution >= 0.6 is 0 Å². The Morgan fingerprint density at radius 1 is 0.880 bits per heavy atom. The third kappa shape index (κ3) is 2.76. The fourth-order valence-electron chi connectivity index (χ4n) is 3.28. The highest BCUT2D eigenvalue weighted by atomic mass is 15.3. The summed E-state index contributed by atoms with van der Waals surface area (Å²) < 4.78 is 0. The lowest BCUT2D eigenvalue weighted by atomic mass is 9.86. The normalized spacial score (nSPS) is 15.3. The zero-order valence-corrected chi connectivity index (χ0v) is 15.0. The van der Waals surface area contributed by atoms with Crippen molar-refractivity contribution in [1.82, 2.24) is 19.9 Å². The van der Waals surface area contributed by atoms with Crippen molar-refractivity contribution in [3.8, 4) is 11.4 Å². The van der Waals surface area contributed by atoms with Crippen molar-refractivity contribution in [1.29, 1.82) is 0 Å². The summed E-state index contributed by atoms with van der Waals surface area (Å²) in [5.74, 6) is 1.47. The second-order valence-electron chi connectivity index (χ2n) is 7.35. The van der Waals surface area contributed by atoms with Crippen molar-refractivity contribution in [2.45, 2.75) is 33.1 Å².